The van der Waals surface area contributed by atoms with E-state index in [-0.39, 0.29) is 40.0 Å². The molecule has 0 N–H and O–H groups in total. The average Bonchev–Trinajstić information content (AvgIpc) is 2.50. The van der Waals surface area contributed by atoms with Gasteiger partial charge in [0, 0.05) is 6.42 Å². The second kappa shape index (κ2) is 5.88. The van der Waals surface area contributed by atoms with E-state index in [2.05, 4.69) is 19.1 Å². The number of benzene rings is 1. The zero-order valence-electron chi connectivity index (χ0n) is 7.55. The molecule has 0 atom stereocenters. The van der Waals surface area contributed by atoms with Gasteiger partial charge in [-0.3, -0.25) is 0 Å². The summed E-state index contributed by atoms with van der Waals surface area (Å²) >= 11 is 0. The molecule has 1 aromatic rings. The van der Waals surface area contributed by atoms with Gasteiger partial charge in [-0.1, -0.05) is 17.7 Å². The Hall–Kier alpha value is 0.266. The first-order valence-corrected chi connectivity index (χ1v) is 3.94. The first kappa shape index (κ1) is 13.3. The Morgan fingerprint density at radius 1 is 1.38 bits per heavy atom. The van der Waals surface area contributed by atoms with E-state index in [1.807, 2.05) is 6.07 Å². The fourth-order valence-electron chi connectivity index (χ4n) is 1.40. The topological polar surface area (TPSA) is 9.23 Å². The molecule has 0 fully saturated rings. The predicted octanol–water partition coefficient (Wildman–Crippen LogP) is -1.38. The molecule has 0 unspecified atom stereocenters. The van der Waals surface area contributed by atoms with Gasteiger partial charge in [0.05, 0.1) is 6.61 Å². The van der Waals surface area contributed by atoms with Gasteiger partial charge in [0.15, 0.2) is 0 Å². The molecule has 0 aromatic heterocycles. The summed E-state index contributed by atoms with van der Waals surface area (Å²) in [5.41, 5.74) is 2.64. The molecule has 0 bridgehead atoms. The third kappa shape index (κ3) is 2.86. The van der Waals surface area contributed by atoms with E-state index in [0.29, 0.717) is 0 Å². The third-order valence-electron chi connectivity index (χ3n) is 2.04. The number of halogens is 1. The van der Waals surface area contributed by atoms with Gasteiger partial charge in [-0.05, 0) is 11.6 Å². The summed E-state index contributed by atoms with van der Waals surface area (Å²) < 4.78 is 5.38. The summed E-state index contributed by atoms with van der Waals surface area (Å²) in [5, 5.41) is 0. The minimum atomic E-state index is 0. The minimum Gasteiger partial charge on any atom is -1.00 e. The van der Waals surface area contributed by atoms with Crippen LogP contribution in [0.2, 0.25) is 0 Å². The van der Waals surface area contributed by atoms with Gasteiger partial charge < -0.3 is 28.6 Å². The van der Waals surface area contributed by atoms with Crippen LogP contribution in [0.25, 0.3) is 0 Å². The largest absolute Gasteiger partial charge is 2.00 e. The van der Waals surface area contributed by atoms with Crippen LogP contribution >= 0.6 is 0 Å². The van der Waals surface area contributed by atoms with E-state index in [0.717, 1.165) is 25.2 Å². The Kier molecular flexibility index (Phi) is 6.00. The van der Waals surface area contributed by atoms with Crippen LogP contribution in [-0.2, 0) is 12.8 Å². The van der Waals surface area contributed by atoms with Crippen LogP contribution < -0.4 is 21.7 Å². The van der Waals surface area contributed by atoms with E-state index in [4.69, 9.17) is 4.74 Å². The van der Waals surface area contributed by atoms with E-state index >= 15 is 0 Å². The van der Waals surface area contributed by atoms with Gasteiger partial charge >= 0.3 is 23.1 Å². The van der Waals surface area contributed by atoms with Gasteiger partial charge in [-0.15, -0.1) is 0 Å². The maximum atomic E-state index is 5.38. The second-order valence-electron chi connectivity index (χ2n) is 2.79. The molecule has 0 saturated heterocycles. The third-order valence-corrected chi connectivity index (χ3v) is 2.04. The standard InChI is InChI=1S/C10H11O.BrH.Mg/c1-2-8-3-4-10-9(7-8)5-6-11-10;;/h3-4,7H,1-2,5-6H2;1H;/q-1;;+2/p-1. The number of hydrogen-bond donors (Lipinski definition) is 0. The van der Waals surface area contributed by atoms with Gasteiger partial charge in [0.25, 0.3) is 0 Å². The molecule has 66 valence electrons. The number of fused-ring (bicyclic) bond motifs is 1. The normalized spacial score (nSPS) is 12.1. The zero-order chi connectivity index (χ0) is 7.68. The summed E-state index contributed by atoms with van der Waals surface area (Å²) in [6.45, 7) is 4.68. The van der Waals surface area contributed by atoms with Crippen molar-refractivity contribution in [1.82, 2.24) is 0 Å². The molecular formula is C10H11BrMgO. The van der Waals surface area contributed by atoms with Crippen molar-refractivity contribution in [2.45, 2.75) is 12.8 Å². The van der Waals surface area contributed by atoms with Crippen LogP contribution in [0.1, 0.15) is 11.1 Å². The number of hydrogen-bond acceptors (Lipinski definition) is 1. The fourth-order valence-corrected chi connectivity index (χ4v) is 1.40. The first-order valence-electron chi connectivity index (χ1n) is 3.94. The number of ether oxygens (including phenoxy) is 1. The van der Waals surface area contributed by atoms with Crippen molar-refractivity contribution in [1.29, 1.82) is 0 Å². The molecule has 1 heterocycles. The van der Waals surface area contributed by atoms with Crippen molar-refractivity contribution in [2.24, 2.45) is 0 Å². The minimum absolute atomic E-state index is 0. The maximum absolute atomic E-state index is 5.38. The Morgan fingerprint density at radius 2 is 2.15 bits per heavy atom. The van der Waals surface area contributed by atoms with Crippen molar-refractivity contribution in [3.8, 4) is 5.75 Å². The summed E-state index contributed by atoms with van der Waals surface area (Å²) in [6, 6.07) is 6.31. The Morgan fingerprint density at radius 3 is 2.85 bits per heavy atom. The van der Waals surface area contributed by atoms with Crippen LogP contribution in [0.5, 0.6) is 5.75 Å². The van der Waals surface area contributed by atoms with Crippen molar-refractivity contribution in [3.63, 3.8) is 0 Å². The summed E-state index contributed by atoms with van der Waals surface area (Å²) in [4.78, 5) is 0. The molecule has 3 heteroatoms. The van der Waals surface area contributed by atoms with Gasteiger partial charge in [0.1, 0.15) is 5.75 Å². The molecule has 0 aliphatic carbocycles. The molecule has 13 heavy (non-hydrogen) atoms. The molecular weight excluding hydrogens is 240 g/mol. The van der Waals surface area contributed by atoms with E-state index in [1.54, 1.807) is 0 Å². The smallest absolute Gasteiger partial charge is 1.00 e. The maximum Gasteiger partial charge on any atom is 2.00 e. The Labute approximate surface area is 106 Å². The van der Waals surface area contributed by atoms with E-state index < -0.39 is 0 Å². The van der Waals surface area contributed by atoms with Crippen LogP contribution in [0.4, 0.5) is 0 Å². The SMILES string of the molecule is [Br-].[CH2-]Cc1ccc2c(c1)CCO2.[Mg+2]. The average molecular weight is 251 g/mol. The molecule has 1 aromatic carbocycles. The second-order valence-corrected chi connectivity index (χ2v) is 2.79. The van der Waals surface area contributed by atoms with Gasteiger partial charge in [-0.25, -0.2) is 0 Å². The molecule has 0 spiro atoms. The van der Waals surface area contributed by atoms with Gasteiger partial charge in [0.2, 0.25) is 0 Å². The predicted molar refractivity (Wildman–Crippen MR) is 50.5 cm³/mol. The molecule has 2 rings (SSSR count). The summed E-state index contributed by atoms with van der Waals surface area (Å²) in [7, 11) is 0. The van der Waals surface area contributed by atoms with Crippen LogP contribution in [0.15, 0.2) is 18.2 Å². The summed E-state index contributed by atoms with van der Waals surface area (Å²) in [6.07, 6.45) is 1.93. The van der Waals surface area contributed by atoms with Gasteiger partial charge in [-0.2, -0.15) is 6.42 Å². The van der Waals surface area contributed by atoms with E-state index in [9.17, 15) is 0 Å². The van der Waals surface area contributed by atoms with Crippen LogP contribution in [-0.4, -0.2) is 29.7 Å². The van der Waals surface area contributed by atoms with Crippen LogP contribution in [0, 0.1) is 6.92 Å². The number of rotatable bonds is 1. The van der Waals surface area contributed by atoms with Crippen molar-refractivity contribution < 1.29 is 21.7 Å². The molecule has 1 aliphatic rings. The molecule has 1 aliphatic heterocycles. The molecule has 0 radical (unpaired) electrons. The van der Waals surface area contributed by atoms with Crippen molar-refractivity contribution >= 4 is 23.1 Å². The first-order chi connectivity index (χ1) is 5.40. The van der Waals surface area contributed by atoms with Crippen molar-refractivity contribution in [3.05, 3.63) is 36.2 Å². The van der Waals surface area contributed by atoms with Crippen LogP contribution in [0.3, 0.4) is 0 Å². The van der Waals surface area contributed by atoms with Crippen molar-refractivity contribution in [2.75, 3.05) is 6.61 Å². The molecule has 0 saturated carbocycles. The fraction of sp³-hybridized carbons (Fsp3) is 0.300. The molecule has 0 amide bonds. The summed E-state index contributed by atoms with van der Waals surface area (Å²) in [5.74, 6) is 1.06. The monoisotopic (exact) mass is 250 g/mol. The quantitative estimate of drug-likeness (QED) is 0.442. The Balaban J connectivity index is 0.000000720. The molecule has 1 nitrogen and oxygen atoms in total. The zero-order valence-corrected chi connectivity index (χ0v) is 10.6. The van der Waals surface area contributed by atoms with E-state index in [1.165, 1.54) is 11.1 Å². The Bertz CT molecular complexity index is 276.